The van der Waals surface area contributed by atoms with Crippen LogP contribution in [-0.4, -0.2) is 17.7 Å². The monoisotopic (exact) mass is 220 g/mol. The molecule has 2 N–H and O–H groups in total. The molecular formula is C6H7BBrFO2. The lowest BCUT2D eigenvalue weighted by atomic mass is 10.4. The van der Waals surface area contributed by atoms with Crippen molar-refractivity contribution in [1.82, 2.24) is 0 Å². The molecule has 5 heteroatoms. The Labute approximate surface area is 73.1 Å². The predicted molar refractivity (Wildman–Crippen MR) is 45.7 cm³/mol. The molecule has 1 aromatic rings. The Hall–Kier alpha value is -0.385. The van der Waals surface area contributed by atoms with Crippen LogP contribution in [0.25, 0.3) is 0 Å². The van der Waals surface area contributed by atoms with Gasteiger partial charge in [0.2, 0.25) is 0 Å². The maximum atomic E-state index is 12.1. The molecule has 0 saturated carbocycles. The van der Waals surface area contributed by atoms with Crippen LogP contribution in [0, 0.1) is 5.82 Å². The van der Waals surface area contributed by atoms with Crippen molar-refractivity contribution in [2.24, 2.45) is 0 Å². The largest absolute Gasteiger partial charge is 0.432 e. The van der Waals surface area contributed by atoms with E-state index in [4.69, 9.17) is 10.0 Å². The lowest BCUT2D eigenvalue weighted by Crippen LogP contribution is -1.75. The smallest absolute Gasteiger partial charge is 0.430 e. The van der Waals surface area contributed by atoms with Gasteiger partial charge in [0.1, 0.15) is 5.82 Å². The summed E-state index contributed by atoms with van der Waals surface area (Å²) in [6.07, 6.45) is 0. The summed E-state index contributed by atoms with van der Waals surface area (Å²) in [7, 11) is -0.750. The first-order valence-corrected chi connectivity index (χ1v) is 3.62. The molecule has 60 valence electrons. The summed E-state index contributed by atoms with van der Waals surface area (Å²) >= 11 is 3.18. The molecule has 1 rings (SSSR count). The molecular weight excluding hydrogens is 214 g/mol. The number of halogens is 2. The van der Waals surface area contributed by atoms with Crippen molar-refractivity contribution in [2.45, 2.75) is 0 Å². The van der Waals surface area contributed by atoms with Crippen molar-refractivity contribution in [3.8, 4) is 0 Å². The molecule has 0 radical (unpaired) electrons. The molecule has 2 nitrogen and oxygen atoms in total. The van der Waals surface area contributed by atoms with Crippen LogP contribution in [0.15, 0.2) is 28.7 Å². The van der Waals surface area contributed by atoms with E-state index in [1.54, 1.807) is 12.1 Å². The highest BCUT2D eigenvalue weighted by Crippen LogP contribution is 2.08. The fourth-order valence-electron chi connectivity index (χ4n) is 0.430. The van der Waals surface area contributed by atoms with Gasteiger partial charge in [0.05, 0.1) is 0 Å². The van der Waals surface area contributed by atoms with Gasteiger partial charge in [-0.25, -0.2) is 4.39 Å². The topological polar surface area (TPSA) is 40.5 Å². The lowest BCUT2D eigenvalue weighted by molar-refractivity contribution is 0.448. The van der Waals surface area contributed by atoms with E-state index in [0.717, 1.165) is 4.47 Å². The van der Waals surface area contributed by atoms with Crippen molar-refractivity contribution >= 4 is 23.6 Å². The van der Waals surface area contributed by atoms with Crippen LogP contribution in [0.5, 0.6) is 0 Å². The summed E-state index contributed by atoms with van der Waals surface area (Å²) < 4.78 is 13.0. The van der Waals surface area contributed by atoms with Crippen molar-refractivity contribution in [2.75, 3.05) is 0 Å². The van der Waals surface area contributed by atoms with Gasteiger partial charge in [-0.1, -0.05) is 15.9 Å². The van der Waals surface area contributed by atoms with Crippen LogP contribution in [-0.2, 0) is 0 Å². The van der Waals surface area contributed by atoms with Crippen LogP contribution in [0.1, 0.15) is 0 Å². The van der Waals surface area contributed by atoms with Crippen LogP contribution >= 0.6 is 15.9 Å². The second kappa shape index (κ2) is 6.33. The van der Waals surface area contributed by atoms with Gasteiger partial charge in [-0.15, -0.1) is 0 Å². The van der Waals surface area contributed by atoms with Gasteiger partial charge >= 0.3 is 7.69 Å². The van der Waals surface area contributed by atoms with Crippen molar-refractivity contribution in [3.05, 3.63) is 34.6 Å². The summed E-state index contributed by atoms with van der Waals surface area (Å²) in [5.74, 6) is -0.201. The van der Waals surface area contributed by atoms with E-state index in [-0.39, 0.29) is 5.82 Å². The standard InChI is InChI=1S/C6H4BrF.BH3O2/c7-5-1-3-6(8)4-2-5;2-1-3/h1-4H;1-3H. The zero-order valence-electron chi connectivity index (χ0n) is 5.67. The second-order valence-electron chi connectivity index (χ2n) is 1.58. The zero-order valence-corrected chi connectivity index (χ0v) is 7.25. The molecule has 0 fully saturated rings. The Morgan fingerprint density at radius 3 is 1.82 bits per heavy atom. The third kappa shape index (κ3) is 6.03. The maximum absolute atomic E-state index is 12.1. The third-order valence-electron chi connectivity index (χ3n) is 0.804. The van der Waals surface area contributed by atoms with Crippen molar-refractivity contribution in [3.63, 3.8) is 0 Å². The van der Waals surface area contributed by atoms with Crippen LogP contribution in [0.2, 0.25) is 0 Å². The van der Waals surface area contributed by atoms with Crippen LogP contribution in [0.4, 0.5) is 4.39 Å². The fraction of sp³-hybridized carbons (Fsp3) is 0. The third-order valence-corrected chi connectivity index (χ3v) is 1.33. The molecule has 0 aliphatic heterocycles. The van der Waals surface area contributed by atoms with Crippen LogP contribution < -0.4 is 0 Å². The fourth-order valence-corrected chi connectivity index (χ4v) is 0.694. The molecule has 0 unspecified atom stereocenters. The molecule has 1 aromatic carbocycles. The maximum Gasteiger partial charge on any atom is 0.432 e. The first-order valence-electron chi connectivity index (χ1n) is 2.83. The highest BCUT2D eigenvalue weighted by Gasteiger charge is 1.84. The van der Waals surface area contributed by atoms with E-state index >= 15 is 0 Å². The average Bonchev–Trinajstić information content (AvgIpc) is 1.97. The minimum absolute atomic E-state index is 0.201. The lowest BCUT2D eigenvalue weighted by Gasteiger charge is -1.85. The highest BCUT2D eigenvalue weighted by molar-refractivity contribution is 9.10. The molecule has 0 saturated heterocycles. The summed E-state index contributed by atoms with van der Waals surface area (Å²) in [5.41, 5.74) is 0. The first-order chi connectivity index (χ1) is 5.20. The molecule has 0 spiro atoms. The second-order valence-corrected chi connectivity index (χ2v) is 2.49. The molecule has 0 atom stereocenters. The first kappa shape index (κ1) is 10.6. The van der Waals surface area contributed by atoms with E-state index < -0.39 is 7.69 Å². The Morgan fingerprint density at radius 1 is 1.18 bits per heavy atom. The molecule has 0 amide bonds. The summed E-state index contributed by atoms with van der Waals surface area (Å²) in [4.78, 5) is 0. The summed E-state index contributed by atoms with van der Waals surface area (Å²) in [6, 6.07) is 6.14. The quantitative estimate of drug-likeness (QED) is 0.636. The van der Waals surface area contributed by atoms with Crippen molar-refractivity contribution in [1.29, 1.82) is 0 Å². The number of benzene rings is 1. The molecule has 0 aliphatic rings. The van der Waals surface area contributed by atoms with E-state index in [1.165, 1.54) is 12.1 Å². The molecule has 0 heterocycles. The average molecular weight is 221 g/mol. The Kier molecular flexibility index (Phi) is 6.11. The van der Waals surface area contributed by atoms with E-state index in [1.807, 2.05) is 0 Å². The summed E-state index contributed by atoms with van der Waals surface area (Å²) in [5, 5.41) is 14.2. The SMILES string of the molecule is Fc1ccc(Br)cc1.OBO. The molecule has 0 aliphatic carbocycles. The van der Waals surface area contributed by atoms with E-state index in [9.17, 15) is 4.39 Å². The number of hydrogen-bond donors (Lipinski definition) is 2. The van der Waals surface area contributed by atoms with E-state index in [0.29, 0.717) is 0 Å². The minimum Gasteiger partial charge on any atom is -0.430 e. The van der Waals surface area contributed by atoms with Crippen molar-refractivity contribution < 1.29 is 14.4 Å². The Balaban J connectivity index is 0.000000292. The normalized spacial score (nSPS) is 8.00. The van der Waals surface area contributed by atoms with Gasteiger partial charge in [-0.2, -0.15) is 0 Å². The van der Waals surface area contributed by atoms with E-state index in [2.05, 4.69) is 15.9 Å². The van der Waals surface area contributed by atoms with Gasteiger partial charge in [0.15, 0.2) is 0 Å². The minimum atomic E-state index is -0.750. The van der Waals surface area contributed by atoms with Gasteiger partial charge in [-0.3, -0.25) is 0 Å². The zero-order chi connectivity index (χ0) is 8.69. The van der Waals surface area contributed by atoms with Crippen LogP contribution in [0.3, 0.4) is 0 Å². The Bertz CT molecular complexity index is 171. The number of hydrogen-bond acceptors (Lipinski definition) is 2. The van der Waals surface area contributed by atoms with Gasteiger partial charge in [0, 0.05) is 4.47 Å². The summed E-state index contributed by atoms with van der Waals surface area (Å²) in [6.45, 7) is 0. The Morgan fingerprint density at radius 2 is 1.55 bits per heavy atom. The van der Waals surface area contributed by atoms with Gasteiger partial charge in [-0.05, 0) is 24.3 Å². The molecule has 0 aromatic heterocycles. The molecule has 11 heavy (non-hydrogen) atoms. The highest BCUT2D eigenvalue weighted by atomic mass is 79.9. The van der Waals surface area contributed by atoms with Gasteiger partial charge < -0.3 is 10.0 Å². The molecule has 0 bridgehead atoms. The number of rotatable bonds is 0. The van der Waals surface area contributed by atoms with Gasteiger partial charge in [0.25, 0.3) is 0 Å². The predicted octanol–water partition coefficient (Wildman–Crippen LogP) is 0.826.